The molecule has 2 amide bonds. The van der Waals surface area contributed by atoms with Crippen molar-refractivity contribution < 1.29 is 25.0 Å². The molecule has 24 heavy (non-hydrogen) atoms. The first-order valence-electron chi connectivity index (χ1n) is 6.83. The Bertz CT molecular complexity index is 777. The van der Waals surface area contributed by atoms with Crippen LogP contribution in [0.25, 0.3) is 0 Å². The molecule has 0 radical (unpaired) electrons. The lowest BCUT2D eigenvalue weighted by Gasteiger charge is -2.18. The van der Waals surface area contributed by atoms with Gasteiger partial charge in [-0.2, -0.15) is 0 Å². The van der Waals surface area contributed by atoms with Crippen LogP contribution in [0.2, 0.25) is 5.02 Å². The van der Waals surface area contributed by atoms with Gasteiger partial charge in [-0.15, -0.1) is 0 Å². The summed E-state index contributed by atoms with van der Waals surface area (Å²) in [5.74, 6) is -1.80. The molecule has 4 N–H and O–H groups in total. The Balaban J connectivity index is 2.14. The first-order chi connectivity index (χ1) is 11.3. The number of hydroxylamine groups is 1. The number of aromatic hydroxyl groups is 2. The van der Waals surface area contributed by atoms with Gasteiger partial charge >= 0.3 is 0 Å². The second kappa shape index (κ2) is 7.20. The number of nitrogens with one attached hydrogen (secondary N) is 1. The number of halogens is 1. The van der Waals surface area contributed by atoms with E-state index in [2.05, 4.69) is 0 Å². The van der Waals surface area contributed by atoms with E-state index in [0.717, 1.165) is 11.6 Å². The summed E-state index contributed by atoms with van der Waals surface area (Å²) < 4.78 is 0. The minimum Gasteiger partial charge on any atom is -0.507 e. The molecule has 2 rings (SSSR count). The second-order valence-corrected chi connectivity index (χ2v) is 5.53. The van der Waals surface area contributed by atoms with Gasteiger partial charge in [0.25, 0.3) is 11.8 Å². The molecular formula is C16H15ClN2O5. The van der Waals surface area contributed by atoms with Crippen LogP contribution in [0.15, 0.2) is 36.4 Å². The van der Waals surface area contributed by atoms with Crippen molar-refractivity contribution in [1.29, 1.82) is 0 Å². The summed E-state index contributed by atoms with van der Waals surface area (Å²) in [5.41, 5.74) is 2.52. The predicted molar refractivity (Wildman–Crippen MR) is 86.3 cm³/mol. The van der Waals surface area contributed by atoms with Crippen LogP contribution >= 0.6 is 11.6 Å². The maximum Gasteiger partial charge on any atom is 0.274 e. The third kappa shape index (κ3) is 3.76. The molecule has 8 heteroatoms. The van der Waals surface area contributed by atoms with Crippen LogP contribution in [0.4, 0.5) is 0 Å². The van der Waals surface area contributed by atoms with Gasteiger partial charge in [0.2, 0.25) is 0 Å². The van der Waals surface area contributed by atoms with E-state index in [1.54, 1.807) is 12.1 Å². The second-order valence-electron chi connectivity index (χ2n) is 5.12. The molecule has 0 saturated carbocycles. The van der Waals surface area contributed by atoms with E-state index < -0.39 is 11.8 Å². The Hall–Kier alpha value is -2.77. The number of phenols is 2. The normalized spacial score (nSPS) is 10.3. The van der Waals surface area contributed by atoms with Crippen LogP contribution in [0, 0.1) is 0 Å². The standard InChI is InChI=1S/C16H15ClN2O5/c1-19(8-9-2-4-10(5-3-9)15(22)18-24)16(23)11-6-12(17)14(21)7-13(11)20/h2-7,20-21,24H,8H2,1H3,(H,18,22). The van der Waals surface area contributed by atoms with Crippen molar-refractivity contribution >= 4 is 23.4 Å². The molecule has 126 valence electrons. The Morgan fingerprint density at radius 3 is 2.33 bits per heavy atom. The summed E-state index contributed by atoms with van der Waals surface area (Å²) in [6.07, 6.45) is 0. The number of amides is 2. The van der Waals surface area contributed by atoms with Gasteiger partial charge in [-0.3, -0.25) is 14.8 Å². The minimum atomic E-state index is -0.630. The van der Waals surface area contributed by atoms with Crippen LogP contribution in [0.5, 0.6) is 11.5 Å². The molecule has 2 aromatic carbocycles. The Kier molecular flexibility index (Phi) is 5.28. The highest BCUT2D eigenvalue weighted by molar-refractivity contribution is 6.32. The van der Waals surface area contributed by atoms with Crippen molar-refractivity contribution in [3.05, 3.63) is 58.1 Å². The fourth-order valence-electron chi connectivity index (χ4n) is 2.10. The lowest BCUT2D eigenvalue weighted by molar-refractivity contribution is 0.0705. The van der Waals surface area contributed by atoms with Gasteiger partial charge in [0.05, 0.1) is 10.6 Å². The number of nitrogens with zero attached hydrogens (tertiary/aromatic N) is 1. The minimum absolute atomic E-state index is 0.0309. The van der Waals surface area contributed by atoms with Crippen molar-refractivity contribution in [3.63, 3.8) is 0 Å². The third-order valence-electron chi connectivity index (χ3n) is 3.38. The lowest BCUT2D eigenvalue weighted by Crippen LogP contribution is -2.26. The molecule has 0 atom stereocenters. The zero-order valence-electron chi connectivity index (χ0n) is 12.7. The SMILES string of the molecule is CN(Cc1ccc(C(=O)NO)cc1)C(=O)c1cc(Cl)c(O)cc1O. The van der Waals surface area contributed by atoms with Crippen LogP contribution < -0.4 is 5.48 Å². The molecule has 0 unspecified atom stereocenters. The molecule has 0 aliphatic carbocycles. The predicted octanol–water partition coefficient (Wildman–Crippen LogP) is 2.14. The highest BCUT2D eigenvalue weighted by atomic mass is 35.5. The molecule has 0 bridgehead atoms. The Morgan fingerprint density at radius 1 is 1.12 bits per heavy atom. The summed E-state index contributed by atoms with van der Waals surface area (Å²) in [6.45, 7) is 0.220. The van der Waals surface area contributed by atoms with Crippen molar-refractivity contribution in [1.82, 2.24) is 10.4 Å². The van der Waals surface area contributed by atoms with Crippen molar-refractivity contribution in [2.45, 2.75) is 6.54 Å². The molecule has 0 heterocycles. The maximum absolute atomic E-state index is 12.4. The highest BCUT2D eigenvalue weighted by Crippen LogP contribution is 2.31. The zero-order chi connectivity index (χ0) is 17.9. The van der Waals surface area contributed by atoms with Crippen LogP contribution in [-0.4, -0.2) is 39.2 Å². The van der Waals surface area contributed by atoms with Crippen LogP contribution in [-0.2, 0) is 6.54 Å². The lowest BCUT2D eigenvalue weighted by atomic mass is 10.1. The van der Waals surface area contributed by atoms with E-state index in [1.165, 1.54) is 35.6 Å². The van der Waals surface area contributed by atoms with E-state index in [4.69, 9.17) is 16.8 Å². The van der Waals surface area contributed by atoms with E-state index in [0.29, 0.717) is 0 Å². The molecule has 0 fully saturated rings. The van der Waals surface area contributed by atoms with Crippen LogP contribution in [0.3, 0.4) is 0 Å². The molecule has 0 saturated heterocycles. The topological polar surface area (TPSA) is 110 Å². The van der Waals surface area contributed by atoms with E-state index in [-0.39, 0.29) is 34.2 Å². The molecule has 2 aromatic rings. The molecule has 0 spiro atoms. The zero-order valence-corrected chi connectivity index (χ0v) is 13.4. The highest BCUT2D eigenvalue weighted by Gasteiger charge is 2.18. The fraction of sp³-hybridized carbons (Fsp3) is 0.125. The largest absolute Gasteiger partial charge is 0.507 e. The summed E-state index contributed by atoms with van der Waals surface area (Å²) in [6, 6.07) is 8.49. The Morgan fingerprint density at radius 2 is 1.75 bits per heavy atom. The van der Waals surface area contributed by atoms with Gasteiger partial charge in [-0.25, -0.2) is 5.48 Å². The third-order valence-corrected chi connectivity index (χ3v) is 3.68. The average Bonchev–Trinajstić information content (AvgIpc) is 2.57. The van der Waals surface area contributed by atoms with Crippen molar-refractivity contribution in [2.24, 2.45) is 0 Å². The van der Waals surface area contributed by atoms with Crippen molar-refractivity contribution in [3.8, 4) is 11.5 Å². The molecule has 7 nitrogen and oxygen atoms in total. The quantitative estimate of drug-likeness (QED) is 0.499. The number of hydrogen-bond acceptors (Lipinski definition) is 5. The van der Waals surface area contributed by atoms with Crippen molar-refractivity contribution in [2.75, 3.05) is 7.05 Å². The summed E-state index contributed by atoms with van der Waals surface area (Å²) in [5, 5.41) is 27.7. The molecular weight excluding hydrogens is 336 g/mol. The number of carbonyl (C=O) groups excluding carboxylic acids is 2. The summed E-state index contributed by atoms with van der Waals surface area (Å²) in [7, 11) is 1.54. The summed E-state index contributed by atoms with van der Waals surface area (Å²) in [4.78, 5) is 25.0. The Labute approximate surface area is 142 Å². The van der Waals surface area contributed by atoms with Gasteiger partial charge in [-0.1, -0.05) is 23.7 Å². The van der Waals surface area contributed by atoms with Gasteiger partial charge in [-0.05, 0) is 23.8 Å². The molecule has 0 aliphatic heterocycles. The summed E-state index contributed by atoms with van der Waals surface area (Å²) >= 11 is 5.77. The number of carbonyl (C=O) groups is 2. The van der Waals surface area contributed by atoms with Gasteiger partial charge in [0.15, 0.2) is 0 Å². The first kappa shape index (κ1) is 17.6. The molecule has 0 aromatic heterocycles. The number of rotatable bonds is 4. The molecule has 0 aliphatic rings. The smallest absolute Gasteiger partial charge is 0.274 e. The van der Waals surface area contributed by atoms with E-state index in [9.17, 15) is 19.8 Å². The van der Waals surface area contributed by atoms with E-state index >= 15 is 0 Å². The maximum atomic E-state index is 12.4. The van der Waals surface area contributed by atoms with Gasteiger partial charge in [0.1, 0.15) is 11.5 Å². The van der Waals surface area contributed by atoms with E-state index in [1.807, 2.05) is 0 Å². The number of benzene rings is 2. The number of hydrogen-bond donors (Lipinski definition) is 4. The monoisotopic (exact) mass is 350 g/mol. The first-order valence-corrected chi connectivity index (χ1v) is 7.21. The fourth-order valence-corrected chi connectivity index (χ4v) is 2.26. The number of phenolic OH excluding ortho intramolecular Hbond substituents is 2. The van der Waals surface area contributed by atoms with Gasteiger partial charge in [0, 0.05) is 25.2 Å². The van der Waals surface area contributed by atoms with Crippen LogP contribution in [0.1, 0.15) is 26.3 Å². The van der Waals surface area contributed by atoms with Gasteiger partial charge < -0.3 is 15.1 Å². The average molecular weight is 351 g/mol.